The predicted molar refractivity (Wildman–Crippen MR) is 96.8 cm³/mol. The molecule has 0 aromatic heterocycles. The third-order valence-corrected chi connectivity index (χ3v) is 7.46. The van der Waals surface area contributed by atoms with Crippen LogP contribution in [0.25, 0.3) is 0 Å². The third kappa shape index (κ3) is 2.72. The Bertz CT molecular complexity index is 595. The van der Waals surface area contributed by atoms with Gasteiger partial charge in [0.1, 0.15) is 0 Å². The fourth-order valence-electron chi connectivity index (χ4n) is 5.79. The Morgan fingerprint density at radius 3 is 2.54 bits per heavy atom. The largest absolute Gasteiger partial charge is 0.373 e. The Hall–Kier alpha value is -0.860. The Morgan fingerprint density at radius 2 is 1.79 bits per heavy atom. The van der Waals surface area contributed by atoms with E-state index in [-0.39, 0.29) is 11.0 Å². The van der Waals surface area contributed by atoms with Gasteiger partial charge in [-0.15, -0.1) is 0 Å². The highest BCUT2D eigenvalue weighted by atomic mass is 16.6. The van der Waals surface area contributed by atoms with Crippen LogP contribution in [0.1, 0.15) is 65.4 Å². The van der Waals surface area contributed by atoms with Gasteiger partial charge in [-0.25, -0.2) is 0 Å². The van der Waals surface area contributed by atoms with Crippen LogP contribution in [-0.2, 0) is 16.1 Å². The SMILES string of the molecule is CC1(C)[C@H](OCc2ccccc2)CC[C@]2(C)C[C@@H]3O[C@]3(C)CC[C@@H]12. The fraction of sp³-hybridized carbons (Fsp3) is 0.727. The molecule has 2 nitrogen and oxygen atoms in total. The van der Waals surface area contributed by atoms with Crippen molar-refractivity contribution in [1.29, 1.82) is 0 Å². The van der Waals surface area contributed by atoms with Crippen molar-refractivity contribution in [1.82, 2.24) is 0 Å². The first-order valence-electron chi connectivity index (χ1n) is 9.67. The lowest BCUT2D eigenvalue weighted by molar-refractivity contribution is -0.137. The number of hydrogen-bond acceptors (Lipinski definition) is 2. The first-order chi connectivity index (χ1) is 11.3. The van der Waals surface area contributed by atoms with Gasteiger partial charge in [0.2, 0.25) is 0 Å². The van der Waals surface area contributed by atoms with Gasteiger partial charge in [0.05, 0.1) is 24.4 Å². The van der Waals surface area contributed by atoms with E-state index in [2.05, 4.69) is 58.0 Å². The van der Waals surface area contributed by atoms with E-state index in [0.717, 1.165) is 12.5 Å². The molecule has 0 amide bonds. The van der Waals surface area contributed by atoms with Crippen molar-refractivity contribution in [2.45, 2.75) is 84.2 Å². The van der Waals surface area contributed by atoms with Crippen molar-refractivity contribution in [3.8, 4) is 0 Å². The maximum atomic E-state index is 6.45. The number of benzene rings is 1. The molecule has 3 aliphatic rings. The summed E-state index contributed by atoms with van der Waals surface area (Å²) in [5, 5.41) is 0. The molecular formula is C22H32O2. The Morgan fingerprint density at radius 1 is 1.04 bits per heavy atom. The molecule has 1 aromatic rings. The quantitative estimate of drug-likeness (QED) is 0.697. The molecule has 1 aliphatic heterocycles. The lowest BCUT2D eigenvalue weighted by Crippen LogP contribution is -2.50. The standard InChI is InChI=1S/C22H32O2/c1-20(2)17-10-13-22(4)19(24-22)14-21(17,3)12-11-18(20)23-15-16-8-6-5-7-9-16/h5-9,17-19H,10-15H2,1-4H3/t17-,18+,19-,21+,22+/m0/s1. The lowest BCUT2D eigenvalue weighted by Gasteiger charge is -2.54. The minimum absolute atomic E-state index is 0.177. The van der Waals surface area contributed by atoms with Gasteiger partial charge in [0.15, 0.2) is 0 Å². The second-order valence-electron chi connectivity index (χ2n) is 9.51. The number of fused-ring (bicyclic) bond motifs is 2. The van der Waals surface area contributed by atoms with Crippen LogP contribution in [-0.4, -0.2) is 17.8 Å². The molecule has 3 fully saturated rings. The van der Waals surface area contributed by atoms with Crippen LogP contribution in [0.5, 0.6) is 0 Å². The van der Waals surface area contributed by atoms with Gasteiger partial charge < -0.3 is 9.47 Å². The monoisotopic (exact) mass is 328 g/mol. The lowest BCUT2D eigenvalue weighted by atomic mass is 9.53. The molecule has 2 aliphatic carbocycles. The Balaban J connectivity index is 1.49. The van der Waals surface area contributed by atoms with E-state index in [1.165, 1.54) is 37.7 Å². The van der Waals surface area contributed by atoms with Gasteiger partial charge in [-0.3, -0.25) is 0 Å². The average molecular weight is 328 g/mol. The molecule has 0 N–H and O–H groups in total. The summed E-state index contributed by atoms with van der Waals surface area (Å²) in [6, 6.07) is 10.6. The minimum atomic E-state index is 0.177. The van der Waals surface area contributed by atoms with Gasteiger partial charge in [0.25, 0.3) is 0 Å². The van der Waals surface area contributed by atoms with Crippen molar-refractivity contribution in [3.05, 3.63) is 35.9 Å². The van der Waals surface area contributed by atoms with Crippen molar-refractivity contribution in [2.24, 2.45) is 16.7 Å². The van der Waals surface area contributed by atoms with Gasteiger partial charge in [0, 0.05) is 0 Å². The zero-order chi connectivity index (χ0) is 17.0. The van der Waals surface area contributed by atoms with E-state index in [9.17, 15) is 0 Å². The molecule has 24 heavy (non-hydrogen) atoms. The summed E-state index contributed by atoms with van der Waals surface area (Å²) in [5.74, 6) is 0.729. The summed E-state index contributed by atoms with van der Waals surface area (Å²) < 4.78 is 12.5. The smallest absolute Gasteiger partial charge is 0.0920 e. The van der Waals surface area contributed by atoms with E-state index in [4.69, 9.17) is 9.47 Å². The highest BCUT2D eigenvalue weighted by Gasteiger charge is 2.62. The highest BCUT2D eigenvalue weighted by Crippen LogP contribution is 2.62. The topological polar surface area (TPSA) is 21.8 Å². The second kappa shape index (κ2) is 5.57. The zero-order valence-electron chi connectivity index (χ0n) is 15.7. The number of epoxide rings is 1. The van der Waals surface area contributed by atoms with Gasteiger partial charge in [-0.2, -0.15) is 0 Å². The molecule has 0 radical (unpaired) electrons. The van der Waals surface area contributed by atoms with Crippen molar-refractivity contribution >= 4 is 0 Å². The predicted octanol–water partition coefficient (Wildman–Crippen LogP) is 5.36. The highest BCUT2D eigenvalue weighted by molar-refractivity contribution is 5.14. The van der Waals surface area contributed by atoms with E-state index < -0.39 is 0 Å². The number of ether oxygens (including phenoxy) is 2. The fourth-order valence-corrected chi connectivity index (χ4v) is 5.79. The molecule has 0 unspecified atom stereocenters. The van der Waals surface area contributed by atoms with Gasteiger partial charge in [-0.1, -0.05) is 51.1 Å². The number of rotatable bonds is 3. The first kappa shape index (κ1) is 16.6. The average Bonchev–Trinajstić information content (AvgIpc) is 3.17. The van der Waals surface area contributed by atoms with Crippen LogP contribution in [0.3, 0.4) is 0 Å². The van der Waals surface area contributed by atoms with Crippen LogP contribution in [0.4, 0.5) is 0 Å². The molecule has 2 saturated carbocycles. The molecule has 2 heteroatoms. The third-order valence-electron chi connectivity index (χ3n) is 7.46. The van der Waals surface area contributed by atoms with Crippen molar-refractivity contribution in [3.63, 3.8) is 0 Å². The van der Waals surface area contributed by atoms with Gasteiger partial charge in [-0.05, 0) is 61.3 Å². The normalized spacial score (nSPS) is 43.4. The molecule has 1 heterocycles. The summed E-state index contributed by atoms with van der Waals surface area (Å²) in [7, 11) is 0. The molecule has 132 valence electrons. The van der Waals surface area contributed by atoms with Crippen molar-refractivity contribution < 1.29 is 9.47 Å². The van der Waals surface area contributed by atoms with E-state index in [0.29, 0.717) is 17.6 Å². The Labute approximate surface area is 146 Å². The molecule has 1 saturated heterocycles. The number of hydrogen-bond donors (Lipinski definition) is 0. The minimum Gasteiger partial charge on any atom is -0.373 e. The molecule has 0 spiro atoms. The van der Waals surface area contributed by atoms with Gasteiger partial charge >= 0.3 is 0 Å². The molecule has 1 aromatic carbocycles. The summed E-state index contributed by atoms with van der Waals surface area (Å²) in [6.07, 6.45) is 7.05. The molecule has 0 bridgehead atoms. The maximum Gasteiger partial charge on any atom is 0.0920 e. The van der Waals surface area contributed by atoms with Crippen LogP contribution in [0.2, 0.25) is 0 Å². The van der Waals surface area contributed by atoms with Crippen LogP contribution < -0.4 is 0 Å². The molecule has 5 atom stereocenters. The van der Waals surface area contributed by atoms with Crippen LogP contribution >= 0.6 is 0 Å². The summed E-state index contributed by atoms with van der Waals surface area (Å²) in [6.45, 7) is 10.5. The molecular weight excluding hydrogens is 296 g/mol. The molecule has 4 rings (SSSR count). The van der Waals surface area contributed by atoms with Crippen LogP contribution in [0, 0.1) is 16.7 Å². The zero-order valence-corrected chi connectivity index (χ0v) is 15.7. The van der Waals surface area contributed by atoms with E-state index in [1.54, 1.807) is 0 Å². The Kier molecular flexibility index (Phi) is 3.85. The van der Waals surface area contributed by atoms with E-state index in [1.807, 2.05) is 0 Å². The first-order valence-corrected chi connectivity index (χ1v) is 9.67. The van der Waals surface area contributed by atoms with Crippen molar-refractivity contribution in [2.75, 3.05) is 0 Å². The summed E-state index contributed by atoms with van der Waals surface area (Å²) >= 11 is 0. The summed E-state index contributed by atoms with van der Waals surface area (Å²) in [4.78, 5) is 0. The summed E-state index contributed by atoms with van der Waals surface area (Å²) in [5.41, 5.74) is 2.10. The maximum absolute atomic E-state index is 6.45. The van der Waals surface area contributed by atoms with Crippen LogP contribution in [0.15, 0.2) is 30.3 Å². The second-order valence-corrected chi connectivity index (χ2v) is 9.51. The van der Waals surface area contributed by atoms with E-state index >= 15 is 0 Å².